The zero-order valence-electron chi connectivity index (χ0n) is 12.7. The van der Waals surface area contributed by atoms with Gasteiger partial charge in [0, 0.05) is 23.7 Å². The molecule has 0 N–H and O–H groups in total. The van der Waals surface area contributed by atoms with Crippen molar-refractivity contribution in [1.29, 1.82) is 0 Å². The molecule has 23 heavy (non-hydrogen) atoms. The number of nitro groups is 1. The molecule has 1 aliphatic heterocycles. The zero-order valence-corrected chi connectivity index (χ0v) is 14.4. The van der Waals surface area contributed by atoms with Gasteiger partial charge in [0.05, 0.1) is 15.9 Å². The van der Waals surface area contributed by atoms with Gasteiger partial charge in [0.1, 0.15) is 5.69 Å². The van der Waals surface area contributed by atoms with Crippen LogP contribution in [0.2, 0.25) is 0 Å². The number of nitro benzene ring substituents is 1. The van der Waals surface area contributed by atoms with Gasteiger partial charge in [-0.2, -0.15) is 0 Å². The lowest BCUT2D eigenvalue weighted by Gasteiger charge is -2.35. The van der Waals surface area contributed by atoms with Gasteiger partial charge < -0.3 is 4.90 Å². The third kappa shape index (κ3) is 2.84. The summed E-state index contributed by atoms with van der Waals surface area (Å²) in [4.78, 5) is 14.2. The molecule has 0 bridgehead atoms. The molecule has 3 rings (SSSR count). The minimum absolute atomic E-state index is 0.0211. The van der Waals surface area contributed by atoms with E-state index in [1.807, 2.05) is 23.3 Å². The fourth-order valence-electron chi connectivity index (χ4n) is 2.96. The predicted molar refractivity (Wildman–Crippen MR) is 90.0 cm³/mol. The summed E-state index contributed by atoms with van der Waals surface area (Å²) in [5.41, 5.74) is 1.48. The van der Waals surface area contributed by atoms with E-state index in [1.165, 1.54) is 16.5 Å². The standard InChI is InChI=1S/C15H16N2O4S2/c1-10-12-6-8-22-15(12)5-7-16(10)13-4-3-11(23(2,20)21)9-14(13)17(18)19/h3-4,6,8-10H,5,7H2,1-2H3/t10-/m1/s1. The van der Waals surface area contributed by atoms with E-state index in [-0.39, 0.29) is 16.6 Å². The van der Waals surface area contributed by atoms with Crippen molar-refractivity contribution in [2.45, 2.75) is 24.3 Å². The van der Waals surface area contributed by atoms with Crippen LogP contribution in [0.5, 0.6) is 0 Å². The van der Waals surface area contributed by atoms with Gasteiger partial charge in [-0.05, 0) is 42.5 Å². The lowest BCUT2D eigenvalue weighted by Crippen LogP contribution is -2.33. The molecule has 0 radical (unpaired) electrons. The Bertz CT molecular complexity index is 873. The summed E-state index contributed by atoms with van der Waals surface area (Å²) < 4.78 is 23.3. The molecule has 6 nitrogen and oxygen atoms in total. The lowest BCUT2D eigenvalue weighted by molar-refractivity contribution is -0.384. The van der Waals surface area contributed by atoms with Crippen molar-refractivity contribution in [3.63, 3.8) is 0 Å². The maximum absolute atomic E-state index is 11.7. The summed E-state index contributed by atoms with van der Waals surface area (Å²) in [6.45, 7) is 2.69. The van der Waals surface area contributed by atoms with Crippen molar-refractivity contribution >= 4 is 32.5 Å². The number of benzene rings is 1. The summed E-state index contributed by atoms with van der Waals surface area (Å²) in [6.07, 6.45) is 1.88. The van der Waals surface area contributed by atoms with Crippen molar-refractivity contribution in [3.05, 3.63) is 50.2 Å². The number of fused-ring (bicyclic) bond motifs is 1. The van der Waals surface area contributed by atoms with Crippen molar-refractivity contribution in [2.75, 3.05) is 17.7 Å². The molecule has 0 saturated carbocycles. The van der Waals surface area contributed by atoms with Gasteiger partial charge in [0.25, 0.3) is 5.69 Å². The summed E-state index contributed by atoms with van der Waals surface area (Å²) >= 11 is 1.70. The first-order valence-corrected chi connectivity index (χ1v) is 9.87. The van der Waals surface area contributed by atoms with Gasteiger partial charge in [0.2, 0.25) is 0 Å². The molecule has 122 valence electrons. The fourth-order valence-corrected chi connectivity index (χ4v) is 4.57. The number of sulfone groups is 1. The first kappa shape index (κ1) is 15.9. The molecule has 2 heterocycles. The Morgan fingerprint density at radius 1 is 1.35 bits per heavy atom. The van der Waals surface area contributed by atoms with Crippen LogP contribution in [0.4, 0.5) is 11.4 Å². The molecule has 0 amide bonds. The maximum Gasteiger partial charge on any atom is 0.293 e. The predicted octanol–water partition coefficient (Wildman–Crippen LogP) is 3.18. The minimum atomic E-state index is -3.48. The van der Waals surface area contributed by atoms with Crippen LogP contribution in [0.3, 0.4) is 0 Å². The summed E-state index contributed by atoms with van der Waals surface area (Å²) in [5, 5.41) is 13.5. The highest BCUT2D eigenvalue weighted by molar-refractivity contribution is 7.90. The molecule has 2 aromatic rings. The van der Waals surface area contributed by atoms with Crippen molar-refractivity contribution in [3.8, 4) is 0 Å². The molecule has 1 aromatic heterocycles. The quantitative estimate of drug-likeness (QED) is 0.626. The Morgan fingerprint density at radius 2 is 2.09 bits per heavy atom. The Morgan fingerprint density at radius 3 is 2.74 bits per heavy atom. The van der Waals surface area contributed by atoms with Gasteiger partial charge in [-0.15, -0.1) is 11.3 Å². The smallest absolute Gasteiger partial charge is 0.293 e. The number of hydrogen-bond acceptors (Lipinski definition) is 6. The molecule has 0 unspecified atom stereocenters. The average molecular weight is 352 g/mol. The van der Waals surface area contributed by atoms with Crippen molar-refractivity contribution < 1.29 is 13.3 Å². The van der Waals surface area contributed by atoms with Gasteiger partial charge in [0.15, 0.2) is 9.84 Å². The second-order valence-electron chi connectivity index (χ2n) is 5.60. The van der Waals surface area contributed by atoms with E-state index in [2.05, 4.69) is 0 Å². The van der Waals surface area contributed by atoms with Gasteiger partial charge in [-0.3, -0.25) is 10.1 Å². The van der Waals surface area contributed by atoms with Crippen LogP contribution < -0.4 is 4.90 Å². The summed E-state index contributed by atoms with van der Waals surface area (Å²) in [7, 11) is -3.48. The van der Waals surface area contributed by atoms with Crippen molar-refractivity contribution in [2.24, 2.45) is 0 Å². The third-order valence-electron chi connectivity index (χ3n) is 4.16. The lowest BCUT2D eigenvalue weighted by atomic mass is 10.0. The molecular formula is C15H16N2O4S2. The molecule has 8 heteroatoms. The maximum atomic E-state index is 11.7. The highest BCUT2D eigenvalue weighted by Crippen LogP contribution is 2.40. The van der Waals surface area contributed by atoms with Gasteiger partial charge in [-0.1, -0.05) is 0 Å². The van der Waals surface area contributed by atoms with E-state index >= 15 is 0 Å². The normalized spacial score (nSPS) is 17.8. The number of rotatable bonds is 3. The topological polar surface area (TPSA) is 80.5 Å². The van der Waals surface area contributed by atoms with Crippen LogP contribution in [-0.2, 0) is 16.3 Å². The highest BCUT2D eigenvalue weighted by atomic mass is 32.2. The fraction of sp³-hybridized carbons (Fsp3) is 0.333. The number of thiophene rings is 1. The van der Waals surface area contributed by atoms with Crippen LogP contribution in [0, 0.1) is 10.1 Å². The van der Waals surface area contributed by atoms with E-state index in [9.17, 15) is 18.5 Å². The SMILES string of the molecule is C[C@@H]1c2ccsc2CCN1c1ccc(S(C)(=O)=O)cc1[N+](=O)[O-]. The molecule has 0 spiro atoms. The van der Waals surface area contributed by atoms with Crippen LogP contribution in [0.25, 0.3) is 0 Å². The third-order valence-corrected chi connectivity index (χ3v) is 6.27. The van der Waals surface area contributed by atoms with Crippen LogP contribution in [-0.4, -0.2) is 26.1 Å². The average Bonchev–Trinajstić information content (AvgIpc) is 2.95. The highest BCUT2D eigenvalue weighted by Gasteiger charge is 2.30. The Kier molecular flexibility index (Phi) is 3.89. The molecule has 0 fully saturated rings. The number of anilines is 1. The number of hydrogen-bond donors (Lipinski definition) is 0. The van der Waals surface area contributed by atoms with E-state index in [4.69, 9.17) is 0 Å². The van der Waals surface area contributed by atoms with Gasteiger partial charge in [-0.25, -0.2) is 8.42 Å². The van der Waals surface area contributed by atoms with E-state index in [1.54, 1.807) is 17.4 Å². The second kappa shape index (κ2) is 5.61. The molecule has 0 saturated heterocycles. The van der Waals surface area contributed by atoms with E-state index in [0.29, 0.717) is 12.2 Å². The molecule has 1 atom stereocenters. The molecular weight excluding hydrogens is 336 g/mol. The largest absolute Gasteiger partial charge is 0.359 e. The Balaban J connectivity index is 2.08. The Labute approximate surface area is 138 Å². The monoisotopic (exact) mass is 352 g/mol. The first-order chi connectivity index (χ1) is 10.8. The van der Waals surface area contributed by atoms with Crippen molar-refractivity contribution in [1.82, 2.24) is 0 Å². The van der Waals surface area contributed by atoms with Crippen LogP contribution >= 0.6 is 11.3 Å². The Hall–Kier alpha value is -1.93. The van der Waals surface area contributed by atoms with Crippen LogP contribution in [0.15, 0.2) is 34.5 Å². The minimum Gasteiger partial charge on any atom is -0.359 e. The van der Waals surface area contributed by atoms with Crippen LogP contribution in [0.1, 0.15) is 23.4 Å². The molecule has 1 aliphatic rings. The summed E-state index contributed by atoms with van der Waals surface area (Å²) in [5.74, 6) is 0. The molecule has 0 aliphatic carbocycles. The van der Waals surface area contributed by atoms with E-state index < -0.39 is 14.8 Å². The zero-order chi connectivity index (χ0) is 16.8. The molecule has 1 aromatic carbocycles. The van der Waals surface area contributed by atoms with E-state index in [0.717, 1.165) is 18.7 Å². The van der Waals surface area contributed by atoms with Gasteiger partial charge >= 0.3 is 0 Å². The second-order valence-corrected chi connectivity index (χ2v) is 8.61. The number of nitrogens with zero attached hydrogens (tertiary/aromatic N) is 2. The summed E-state index contributed by atoms with van der Waals surface area (Å²) in [6, 6.07) is 6.21. The first-order valence-electron chi connectivity index (χ1n) is 7.10.